The lowest BCUT2D eigenvalue weighted by Gasteiger charge is -2.24. The first-order chi connectivity index (χ1) is 10.2. The molecule has 1 aromatic carbocycles. The molecular weight excluding hydrogens is 263 g/mol. The van der Waals surface area contributed by atoms with Crippen molar-refractivity contribution >= 4 is 0 Å². The standard InChI is InChI=1S/C18H29FN2/c1-3-12-20-18-6-4-5-16(18)11-13-21(2)14-15-7-9-17(19)10-8-15/h7-10,16,18,20H,3-6,11-14H2,1-2H3. The van der Waals surface area contributed by atoms with Gasteiger partial charge in [0.05, 0.1) is 0 Å². The van der Waals surface area contributed by atoms with Crippen LogP contribution in [0.5, 0.6) is 0 Å². The number of nitrogens with one attached hydrogen (secondary N) is 1. The molecule has 118 valence electrons. The smallest absolute Gasteiger partial charge is 0.123 e. The molecule has 0 aliphatic heterocycles. The van der Waals surface area contributed by atoms with Gasteiger partial charge in [-0.05, 0) is 69.4 Å². The molecule has 1 aliphatic carbocycles. The molecule has 2 atom stereocenters. The summed E-state index contributed by atoms with van der Waals surface area (Å²) in [6.45, 7) is 5.40. The fourth-order valence-electron chi connectivity index (χ4n) is 3.35. The molecule has 1 fully saturated rings. The maximum Gasteiger partial charge on any atom is 0.123 e. The van der Waals surface area contributed by atoms with E-state index in [0.29, 0.717) is 0 Å². The Morgan fingerprint density at radius 3 is 2.71 bits per heavy atom. The highest BCUT2D eigenvalue weighted by molar-refractivity contribution is 5.15. The van der Waals surface area contributed by atoms with Crippen LogP contribution in [0.4, 0.5) is 4.39 Å². The molecule has 1 saturated carbocycles. The van der Waals surface area contributed by atoms with E-state index in [0.717, 1.165) is 31.6 Å². The Hall–Kier alpha value is -0.930. The Morgan fingerprint density at radius 2 is 2.00 bits per heavy atom. The van der Waals surface area contributed by atoms with Crippen LogP contribution in [-0.4, -0.2) is 31.1 Å². The Balaban J connectivity index is 1.72. The minimum atomic E-state index is -0.155. The van der Waals surface area contributed by atoms with Crippen molar-refractivity contribution < 1.29 is 4.39 Å². The van der Waals surface area contributed by atoms with Crippen LogP contribution in [0.2, 0.25) is 0 Å². The molecular formula is C18H29FN2. The summed E-state index contributed by atoms with van der Waals surface area (Å²) < 4.78 is 12.9. The highest BCUT2D eigenvalue weighted by Crippen LogP contribution is 2.28. The molecule has 0 heterocycles. The minimum absolute atomic E-state index is 0.155. The van der Waals surface area contributed by atoms with Crippen molar-refractivity contribution in [1.29, 1.82) is 0 Å². The molecule has 2 rings (SSSR count). The van der Waals surface area contributed by atoms with Crippen LogP contribution in [0.3, 0.4) is 0 Å². The van der Waals surface area contributed by atoms with Crippen molar-refractivity contribution in [2.24, 2.45) is 5.92 Å². The quantitative estimate of drug-likeness (QED) is 0.783. The van der Waals surface area contributed by atoms with Crippen molar-refractivity contribution in [2.45, 2.75) is 51.6 Å². The Kier molecular flexibility index (Phi) is 6.65. The normalized spacial score (nSPS) is 22.1. The largest absolute Gasteiger partial charge is 0.314 e. The van der Waals surface area contributed by atoms with Crippen LogP contribution in [0.25, 0.3) is 0 Å². The Morgan fingerprint density at radius 1 is 1.24 bits per heavy atom. The lowest BCUT2D eigenvalue weighted by atomic mass is 9.99. The van der Waals surface area contributed by atoms with Gasteiger partial charge >= 0.3 is 0 Å². The molecule has 0 radical (unpaired) electrons. The zero-order valence-corrected chi connectivity index (χ0v) is 13.4. The van der Waals surface area contributed by atoms with Gasteiger partial charge in [-0.15, -0.1) is 0 Å². The third-order valence-corrected chi connectivity index (χ3v) is 4.56. The molecule has 0 spiro atoms. The molecule has 0 saturated heterocycles. The van der Waals surface area contributed by atoms with Crippen LogP contribution >= 0.6 is 0 Å². The Labute approximate surface area is 128 Å². The average molecular weight is 292 g/mol. The lowest BCUT2D eigenvalue weighted by Crippen LogP contribution is -2.34. The van der Waals surface area contributed by atoms with Crippen LogP contribution < -0.4 is 5.32 Å². The van der Waals surface area contributed by atoms with E-state index in [-0.39, 0.29) is 5.82 Å². The molecule has 0 bridgehead atoms. The first-order valence-corrected chi connectivity index (χ1v) is 8.35. The highest BCUT2D eigenvalue weighted by atomic mass is 19.1. The number of benzene rings is 1. The van der Waals surface area contributed by atoms with E-state index in [1.54, 1.807) is 12.1 Å². The van der Waals surface area contributed by atoms with Gasteiger partial charge in [0.2, 0.25) is 0 Å². The van der Waals surface area contributed by atoms with Crippen LogP contribution in [0, 0.1) is 11.7 Å². The summed E-state index contributed by atoms with van der Waals surface area (Å²) in [5.74, 6) is 0.671. The predicted molar refractivity (Wildman–Crippen MR) is 86.8 cm³/mol. The van der Waals surface area contributed by atoms with E-state index < -0.39 is 0 Å². The monoisotopic (exact) mass is 292 g/mol. The number of halogens is 1. The number of hydrogen-bond donors (Lipinski definition) is 1. The molecule has 1 aliphatic rings. The summed E-state index contributed by atoms with van der Waals surface area (Å²) in [6.07, 6.45) is 6.55. The SMILES string of the molecule is CCCNC1CCCC1CCN(C)Cc1ccc(F)cc1. The van der Waals surface area contributed by atoms with Gasteiger partial charge in [0.15, 0.2) is 0 Å². The number of nitrogens with zero attached hydrogens (tertiary/aromatic N) is 1. The summed E-state index contributed by atoms with van der Waals surface area (Å²) in [6, 6.07) is 7.58. The third-order valence-electron chi connectivity index (χ3n) is 4.56. The van der Waals surface area contributed by atoms with Gasteiger partial charge in [-0.1, -0.05) is 25.5 Å². The van der Waals surface area contributed by atoms with Gasteiger partial charge in [0.1, 0.15) is 5.82 Å². The van der Waals surface area contributed by atoms with Crippen molar-refractivity contribution in [2.75, 3.05) is 20.1 Å². The Bertz CT molecular complexity index is 404. The second-order valence-corrected chi connectivity index (χ2v) is 6.40. The first-order valence-electron chi connectivity index (χ1n) is 8.35. The second-order valence-electron chi connectivity index (χ2n) is 6.40. The summed E-state index contributed by atoms with van der Waals surface area (Å²) in [4.78, 5) is 2.35. The van der Waals surface area contributed by atoms with Gasteiger partial charge in [-0.25, -0.2) is 4.39 Å². The maximum absolute atomic E-state index is 12.9. The van der Waals surface area contributed by atoms with Crippen molar-refractivity contribution in [3.05, 3.63) is 35.6 Å². The zero-order chi connectivity index (χ0) is 15.1. The van der Waals surface area contributed by atoms with Crippen molar-refractivity contribution in [3.8, 4) is 0 Å². The first kappa shape index (κ1) is 16.4. The highest BCUT2D eigenvalue weighted by Gasteiger charge is 2.26. The average Bonchev–Trinajstić information content (AvgIpc) is 2.93. The summed E-state index contributed by atoms with van der Waals surface area (Å²) in [7, 11) is 2.16. The predicted octanol–water partition coefficient (Wildman–Crippen LogP) is 3.82. The number of rotatable bonds is 8. The maximum atomic E-state index is 12.9. The summed E-state index contributed by atoms with van der Waals surface area (Å²) in [5.41, 5.74) is 1.19. The fourth-order valence-corrected chi connectivity index (χ4v) is 3.35. The van der Waals surface area contributed by atoms with E-state index in [9.17, 15) is 4.39 Å². The van der Waals surface area contributed by atoms with E-state index >= 15 is 0 Å². The molecule has 3 heteroatoms. The van der Waals surface area contributed by atoms with Gasteiger partial charge in [-0.3, -0.25) is 0 Å². The molecule has 2 nitrogen and oxygen atoms in total. The van der Waals surface area contributed by atoms with Gasteiger partial charge in [0.25, 0.3) is 0 Å². The topological polar surface area (TPSA) is 15.3 Å². The minimum Gasteiger partial charge on any atom is -0.314 e. The summed E-state index contributed by atoms with van der Waals surface area (Å²) in [5, 5.41) is 3.70. The van der Waals surface area contributed by atoms with Gasteiger partial charge < -0.3 is 10.2 Å². The van der Waals surface area contributed by atoms with Crippen LogP contribution in [-0.2, 0) is 6.54 Å². The van der Waals surface area contributed by atoms with E-state index in [1.807, 2.05) is 12.1 Å². The van der Waals surface area contributed by atoms with E-state index in [2.05, 4.69) is 24.2 Å². The molecule has 21 heavy (non-hydrogen) atoms. The van der Waals surface area contributed by atoms with Gasteiger partial charge in [-0.2, -0.15) is 0 Å². The van der Waals surface area contributed by atoms with Crippen molar-refractivity contribution in [1.82, 2.24) is 10.2 Å². The fraction of sp³-hybridized carbons (Fsp3) is 0.667. The van der Waals surface area contributed by atoms with Gasteiger partial charge in [0, 0.05) is 12.6 Å². The van der Waals surface area contributed by atoms with Crippen LogP contribution in [0.1, 0.15) is 44.6 Å². The van der Waals surface area contributed by atoms with E-state index in [4.69, 9.17) is 0 Å². The number of hydrogen-bond acceptors (Lipinski definition) is 2. The van der Waals surface area contributed by atoms with Crippen molar-refractivity contribution in [3.63, 3.8) is 0 Å². The lowest BCUT2D eigenvalue weighted by molar-refractivity contribution is 0.275. The molecule has 0 amide bonds. The second kappa shape index (κ2) is 8.50. The summed E-state index contributed by atoms with van der Waals surface area (Å²) >= 11 is 0. The molecule has 0 aromatic heterocycles. The third kappa shape index (κ3) is 5.40. The van der Waals surface area contributed by atoms with E-state index in [1.165, 1.54) is 37.7 Å². The van der Waals surface area contributed by atoms with Crippen LogP contribution in [0.15, 0.2) is 24.3 Å². The molecule has 1 N–H and O–H groups in total. The molecule has 1 aromatic rings. The molecule has 2 unspecified atom stereocenters. The zero-order valence-electron chi connectivity index (χ0n) is 13.4.